The molecule has 18 heavy (non-hydrogen) atoms. The van der Waals surface area contributed by atoms with Crippen LogP contribution in [0.15, 0.2) is 21.9 Å². The highest BCUT2D eigenvalue weighted by Gasteiger charge is 2.25. The summed E-state index contributed by atoms with van der Waals surface area (Å²) < 4.78 is 1.19. The molecule has 0 aromatic carbocycles. The number of nitrogens with zero attached hydrogens (tertiary/aromatic N) is 1. The molecule has 7 heteroatoms. The Balaban J connectivity index is 2.09. The van der Waals surface area contributed by atoms with Gasteiger partial charge in [-0.1, -0.05) is 6.42 Å². The zero-order chi connectivity index (χ0) is 13.1. The highest BCUT2D eigenvalue weighted by Crippen LogP contribution is 2.18. The van der Waals surface area contributed by atoms with Crippen molar-refractivity contribution in [1.82, 2.24) is 14.9 Å². The van der Waals surface area contributed by atoms with Crippen LogP contribution < -0.4 is 16.6 Å². The lowest BCUT2D eigenvalue weighted by atomic mass is 9.92. The summed E-state index contributed by atoms with van der Waals surface area (Å²) in [5.74, 6) is -1.000. The van der Waals surface area contributed by atoms with Crippen molar-refractivity contribution in [1.29, 1.82) is 0 Å². The summed E-state index contributed by atoms with van der Waals surface area (Å²) in [6.45, 7) is 0.00144. The number of carbonyl (C=O) groups is 1. The molecule has 1 saturated carbocycles. The Morgan fingerprint density at radius 3 is 2.78 bits per heavy atom. The molecule has 7 nitrogen and oxygen atoms in total. The number of carboxylic acid groups (broad SMARTS) is 1. The Labute approximate surface area is 102 Å². The van der Waals surface area contributed by atoms with E-state index in [4.69, 9.17) is 5.11 Å². The molecular weight excluding hydrogens is 238 g/mol. The molecule has 0 aliphatic heterocycles. The summed E-state index contributed by atoms with van der Waals surface area (Å²) in [5.41, 5.74) is -1.08. The zero-order valence-electron chi connectivity index (χ0n) is 9.76. The molecule has 1 unspecified atom stereocenters. The molecule has 0 bridgehead atoms. The second-order valence-electron chi connectivity index (χ2n) is 4.45. The number of aliphatic carboxylic acids is 1. The Morgan fingerprint density at radius 2 is 2.28 bits per heavy atom. The second kappa shape index (κ2) is 5.18. The summed E-state index contributed by atoms with van der Waals surface area (Å²) in [7, 11) is 0. The lowest BCUT2D eigenvalue weighted by molar-refractivity contribution is -0.140. The minimum Gasteiger partial charge on any atom is -0.480 e. The summed E-state index contributed by atoms with van der Waals surface area (Å²) in [6.07, 6.45) is 4.33. The maximum atomic E-state index is 11.5. The molecule has 3 N–H and O–H groups in total. The van der Waals surface area contributed by atoms with Gasteiger partial charge in [-0.25, -0.2) is 4.79 Å². The van der Waals surface area contributed by atoms with Gasteiger partial charge in [-0.05, 0) is 12.8 Å². The molecule has 1 heterocycles. The number of aromatic nitrogens is 2. The number of aromatic amines is 1. The van der Waals surface area contributed by atoms with Crippen LogP contribution >= 0.6 is 0 Å². The van der Waals surface area contributed by atoms with Crippen molar-refractivity contribution >= 4 is 5.97 Å². The SMILES string of the molecule is O=C(O)C(Cn1ccc(=O)[nH]c1=O)NC1CCC1. The van der Waals surface area contributed by atoms with E-state index < -0.39 is 23.3 Å². The Morgan fingerprint density at radius 1 is 1.56 bits per heavy atom. The summed E-state index contributed by atoms with van der Waals surface area (Å²) in [5, 5.41) is 12.1. The van der Waals surface area contributed by atoms with Crippen LogP contribution in [0.5, 0.6) is 0 Å². The number of rotatable bonds is 5. The van der Waals surface area contributed by atoms with E-state index in [9.17, 15) is 14.4 Å². The van der Waals surface area contributed by atoms with Crippen LogP contribution in [0.2, 0.25) is 0 Å². The monoisotopic (exact) mass is 253 g/mol. The van der Waals surface area contributed by atoms with Crippen molar-refractivity contribution in [3.05, 3.63) is 33.1 Å². The van der Waals surface area contributed by atoms with Crippen LogP contribution in [0.1, 0.15) is 19.3 Å². The predicted molar refractivity (Wildman–Crippen MR) is 63.5 cm³/mol. The predicted octanol–water partition coefficient (Wildman–Crippen LogP) is -0.868. The van der Waals surface area contributed by atoms with Gasteiger partial charge < -0.3 is 10.4 Å². The molecule has 98 valence electrons. The molecule has 1 aliphatic rings. The van der Waals surface area contributed by atoms with Crippen LogP contribution in [0.25, 0.3) is 0 Å². The quantitative estimate of drug-likeness (QED) is 0.633. The molecule has 0 amide bonds. The molecule has 0 saturated heterocycles. The van der Waals surface area contributed by atoms with Crippen LogP contribution in [0.4, 0.5) is 0 Å². The molecule has 1 fully saturated rings. The van der Waals surface area contributed by atoms with Crippen molar-refractivity contribution in [3.8, 4) is 0 Å². The van der Waals surface area contributed by atoms with Gasteiger partial charge in [0.05, 0.1) is 6.54 Å². The number of carboxylic acids is 1. The van der Waals surface area contributed by atoms with E-state index in [0.717, 1.165) is 19.3 Å². The maximum Gasteiger partial charge on any atom is 0.328 e. The molecule has 1 aromatic heterocycles. The van der Waals surface area contributed by atoms with Crippen molar-refractivity contribution < 1.29 is 9.90 Å². The van der Waals surface area contributed by atoms with E-state index in [0.29, 0.717) is 0 Å². The number of hydrogen-bond acceptors (Lipinski definition) is 4. The third-order valence-electron chi connectivity index (χ3n) is 3.12. The van der Waals surface area contributed by atoms with Gasteiger partial charge in [0.25, 0.3) is 5.56 Å². The molecule has 0 spiro atoms. The van der Waals surface area contributed by atoms with Gasteiger partial charge in [0.2, 0.25) is 0 Å². The van der Waals surface area contributed by atoms with E-state index in [1.807, 2.05) is 0 Å². The Hall–Kier alpha value is -1.89. The normalized spacial score (nSPS) is 17.1. The van der Waals surface area contributed by atoms with Gasteiger partial charge in [-0.3, -0.25) is 19.1 Å². The maximum absolute atomic E-state index is 11.5. The standard InChI is InChI=1S/C11H15N3O4/c15-9-4-5-14(11(18)13-9)6-8(10(16)17)12-7-2-1-3-7/h4-5,7-8,12H,1-3,6H2,(H,16,17)(H,13,15,18). The van der Waals surface area contributed by atoms with Gasteiger partial charge in [0, 0.05) is 18.3 Å². The first kappa shape index (κ1) is 12.6. The highest BCUT2D eigenvalue weighted by atomic mass is 16.4. The minimum atomic E-state index is -1.000. The first-order valence-electron chi connectivity index (χ1n) is 5.85. The van der Waals surface area contributed by atoms with Gasteiger partial charge in [-0.2, -0.15) is 0 Å². The molecular formula is C11H15N3O4. The van der Waals surface area contributed by atoms with E-state index in [1.54, 1.807) is 0 Å². The van der Waals surface area contributed by atoms with Crippen LogP contribution in [0, 0.1) is 0 Å². The first-order chi connectivity index (χ1) is 8.56. The van der Waals surface area contributed by atoms with Gasteiger partial charge in [0.15, 0.2) is 0 Å². The van der Waals surface area contributed by atoms with Crippen molar-refractivity contribution in [2.75, 3.05) is 0 Å². The highest BCUT2D eigenvalue weighted by molar-refractivity contribution is 5.73. The lowest BCUT2D eigenvalue weighted by Gasteiger charge is -2.29. The molecule has 1 aliphatic carbocycles. The molecule has 2 rings (SSSR count). The van der Waals surface area contributed by atoms with Gasteiger partial charge in [0.1, 0.15) is 6.04 Å². The van der Waals surface area contributed by atoms with E-state index >= 15 is 0 Å². The average Bonchev–Trinajstić information content (AvgIpc) is 2.23. The van der Waals surface area contributed by atoms with E-state index in [2.05, 4.69) is 10.3 Å². The topological polar surface area (TPSA) is 104 Å². The molecule has 0 radical (unpaired) electrons. The first-order valence-corrected chi connectivity index (χ1v) is 5.85. The van der Waals surface area contributed by atoms with Crippen LogP contribution in [-0.2, 0) is 11.3 Å². The second-order valence-corrected chi connectivity index (χ2v) is 4.45. The fraction of sp³-hybridized carbons (Fsp3) is 0.545. The number of nitrogens with one attached hydrogen (secondary N) is 2. The third-order valence-corrected chi connectivity index (χ3v) is 3.12. The lowest BCUT2D eigenvalue weighted by Crippen LogP contribution is -2.49. The Kier molecular flexibility index (Phi) is 3.61. The summed E-state index contributed by atoms with van der Waals surface area (Å²) >= 11 is 0. The average molecular weight is 253 g/mol. The third kappa shape index (κ3) is 2.86. The summed E-state index contributed by atoms with van der Waals surface area (Å²) in [6, 6.07) is 0.590. The molecule has 1 aromatic rings. The van der Waals surface area contributed by atoms with Gasteiger partial charge >= 0.3 is 11.7 Å². The van der Waals surface area contributed by atoms with Crippen molar-refractivity contribution in [2.45, 2.75) is 37.9 Å². The van der Waals surface area contributed by atoms with Crippen LogP contribution in [-0.4, -0.2) is 32.7 Å². The Bertz CT molecular complexity index is 544. The van der Waals surface area contributed by atoms with E-state index in [-0.39, 0.29) is 12.6 Å². The van der Waals surface area contributed by atoms with Crippen molar-refractivity contribution in [2.24, 2.45) is 0 Å². The van der Waals surface area contributed by atoms with Gasteiger partial charge in [-0.15, -0.1) is 0 Å². The largest absolute Gasteiger partial charge is 0.480 e. The fourth-order valence-electron chi connectivity index (χ4n) is 1.85. The summed E-state index contributed by atoms with van der Waals surface area (Å²) in [4.78, 5) is 35.6. The smallest absolute Gasteiger partial charge is 0.328 e. The minimum absolute atomic E-state index is 0.00144. The van der Waals surface area contributed by atoms with E-state index in [1.165, 1.54) is 16.8 Å². The number of H-pyrrole nitrogens is 1. The van der Waals surface area contributed by atoms with Crippen LogP contribution in [0.3, 0.4) is 0 Å². The zero-order valence-corrected chi connectivity index (χ0v) is 9.76. The van der Waals surface area contributed by atoms with Crippen molar-refractivity contribution in [3.63, 3.8) is 0 Å². The fourth-order valence-corrected chi connectivity index (χ4v) is 1.85. The molecule has 1 atom stereocenters. The number of hydrogen-bond donors (Lipinski definition) is 3.